The van der Waals surface area contributed by atoms with Crippen LogP contribution < -0.4 is 5.56 Å². The van der Waals surface area contributed by atoms with Crippen molar-refractivity contribution in [1.29, 1.82) is 0 Å². The third-order valence-electron chi connectivity index (χ3n) is 2.39. The smallest absolute Gasteiger partial charge is 0.272 e. The monoisotopic (exact) mass is 256 g/mol. The predicted octanol–water partition coefficient (Wildman–Crippen LogP) is 2.33. The first-order valence-corrected chi connectivity index (χ1v) is 6.15. The molecule has 1 N–H and O–H groups in total. The Hall–Kier alpha value is -0.980. The van der Waals surface area contributed by atoms with Gasteiger partial charge in [-0.25, -0.2) is 0 Å². The molecule has 0 bridgehead atoms. The van der Waals surface area contributed by atoms with Crippen molar-refractivity contribution in [3.8, 4) is 0 Å². The van der Waals surface area contributed by atoms with Crippen molar-refractivity contribution in [2.24, 2.45) is 0 Å². The summed E-state index contributed by atoms with van der Waals surface area (Å²) in [5.74, 6) is 0. The van der Waals surface area contributed by atoms with Crippen LogP contribution in [0.1, 0.15) is 13.0 Å². The summed E-state index contributed by atoms with van der Waals surface area (Å²) in [6.45, 7) is 2.38. The molecule has 1 atom stereocenters. The van der Waals surface area contributed by atoms with Gasteiger partial charge in [-0.05, 0) is 30.6 Å². The Balaban J connectivity index is 2.69. The van der Waals surface area contributed by atoms with Crippen LogP contribution in [0.2, 0.25) is 0 Å². The van der Waals surface area contributed by atoms with Gasteiger partial charge in [0.25, 0.3) is 5.56 Å². The van der Waals surface area contributed by atoms with Crippen molar-refractivity contribution in [3.63, 3.8) is 0 Å². The molecule has 0 radical (unpaired) electrons. The number of hydrogen-bond donors (Lipinski definition) is 1. The van der Waals surface area contributed by atoms with Gasteiger partial charge in [0.1, 0.15) is 4.70 Å². The van der Waals surface area contributed by atoms with Crippen molar-refractivity contribution in [1.82, 2.24) is 9.55 Å². The van der Waals surface area contributed by atoms with Gasteiger partial charge < -0.3 is 9.72 Å². The maximum atomic E-state index is 12.2. The summed E-state index contributed by atoms with van der Waals surface area (Å²) in [4.78, 5) is 15.2. The molecule has 2 heterocycles. The molecular weight excluding hydrogens is 244 g/mol. The van der Waals surface area contributed by atoms with Crippen LogP contribution in [0.25, 0.3) is 10.2 Å². The molecule has 0 saturated carbocycles. The third kappa shape index (κ3) is 1.83. The number of fused-ring (bicyclic) bond motifs is 1. The quantitative estimate of drug-likeness (QED) is 0.857. The van der Waals surface area contributed by atoms with E-state index in [1.165, 1.54) is 11.3 Å². The molecular formula is C10H12N2O2S2. The van der Waals surface area contributed by atoms with Crippen molar-refractivity contribution < 1.29 is 4.74 Å². The number of ether oxygens (including phenoxy) is 1. The van der Waals surface area contributed by atoms with Crippen LogP contribution in [0.15, 0.2) is 16.2 Å². The molecule has 0 aliphatic carbocycles. The van der Waals surface area contributed by atoms with Crippen LogP contribution in [0.5, 0.6) is 0 Å². The molecule has 0 aliphatic heterocycles. The van der Waals surface area contributed by atoms with Gasteiger partial charge in [0.05, 0.1) is 18.2 Å². The van der Waals surface area contributed by atoms with Crippen LogP contribution in [-0.4, -0.2) is 23.3 Å². The van der Waals surface area contributed by atoms with Gasteiger partial charge in [0.2, 0.25) is 0 Å². The highest BCUT2D eigenvalue weighted by atomic mass is 32.1. The number of nitrogens with zero attached hydrogens (tertiary/aromatic N) is 1. The number of aromatic amines is 1. The lowest BCUT2D eigenvalue weighted by molar-refractivity contribution is 0.160. The minimum absolute atomic E-state index is 0.0432. The van der Waals surface area contributed by atoms with E-state index in [9.17, 15) is 4.79 Å². The first kappa shape index (κ1) is 11.5. The van der Waals surface area contributed by atoms with E-state index in [4.69, 9.17) is 17.0 Å². The molecule has 0 aromatic carbocycles. The fraction of sp³-hybridized carbons (Fsp3) is 0.400. The molecule has 0 amide bonds. The maximum absolute atomic E-state index is 12.2. The van der Waals surface area contributed by atoms with Gasteiger partial charge in [-0.1, -0.05) is 0 Å². The van der Waals surface area contributed by atoms with Crippen LogP contribution in [0, 0.1) is 4.77 Å². The minimum atomic E-state index is -0.0623. The molecule has 0 spiro atoms. The Morgan fingerprint density at radius 2 is 2.44 bits per heavy atom. The van der Waals surface area contributed by atoms with Crippen LogP contribution in [0.3, 0.4) is 0 Å². The van der Waals surface area contributed by atoms with Crippen molar-refractivity contribution in [2.75, 3.05) is 13.7 Å². The number of nitrogens with one attached hydrogen (secondary N) is 1. The van der Waals surface area contributed by atoms with Crippen LogP contribution >= 0.6 is 23.6 Å². The summed E-state index contributed by atoms with van der Waals surface area (Å²) in [5, 5.41) is 1.88. The fourth-order valence-electron chi connectivity index (χ4n) is 1.67. The highest BCUT2D eigenvalue weighted by Crippen LogP contribution is 2.15. The molecule has 0 saturated heterocycles. The number of aromatic nitrogens is 2. The van der Waals surface area contributed by atoms with E-state index in [-0.39, 0.29) is 11.6 Å². The normalized spacial score (nSPS) is 13.1. The second-order valence-electron chi connectivity index (χ2n) is 3.57. The zero-order valence-corrected chi connectivity index (χ0v) is 10.7. The summed E-state index contributed by atoms with van der Waals surface area (Å²) in [6.07, 6.45) is 0. The van der Waals surface area contributed by atoms with E-state index < -0.39 is 0 Å². The Morgan fingerprint density at radius 1 is 1.69 bits per heavy atom. The van der Waals surface area contributed by atoms with Crippen LogP contribution in [0.4, 0.5) is 0 Å². The third-order valence-corrected chi connectivity index (χ3v) is 3.59. The minimum Gasteiger partial charge on any atom is -0.383 e. The SMILES string of the molecule is COCC(C)n1c(=S)[nH]c2ccsc2c1=O. The molecule has 86 valence electrons. The summed E-state index contributed by atoms with van der Waals surface area (Å²) in [7, 11) is 1.61. The first-order chi connectivity index (χ1) is 7.65. The highest BCUT2D eigenvalue weighted by Gasteiger charge is 2.11. The van der Waals surface area contributed by atoms with E-state index in [2.05, 4.69) is 4.98 Å². The second kappa shape index (κ2) is 4.48. The average molecular weight is 256 g/mol. The zero-order chi connectivity index (χ0) is 11.7. The molecule has 0 fully saturated rings. The lowest BCUT2D eigenvalue weighted by atomic mass is 10.3. The molecule has 2 rings (SSSR count). The maximum Gasteiger partial charge on any atom is 0.272 e. The lowest BCUT2D eigenvalue weighted by Gasteiger charge is -2.13. The number of rotatable bonds is 3. The van der Waals surface area contributed by atoms with E-state index in [0.29, 0.717) is 16.1 Å². The summed E-state index contributed by atoms with van der Waals surface area (Å²) in [5.41, 5.74) is 0.763. The molecule has 2 aromatic heterocycles. The van der Waals surface area contributed by atoms with Gasteiger partial charge in [-0.3, -0.25) is 9.36 Å². The Morgan fingerprint density at radius 3 is 3.12 bits per heavy atom. The predicted molar refractivity (Wildman–Crippen MR) is 67.9 cm³/mol. The largest absolute Gasteiger partial charge is 0.383 e. The Bertz CT molecular complexity index is 611. The molecule has 16 heavy (non-hydrogen) atoms. The topological polar surface area (TPSA) is 47.0 Å². The molecule has 0 aliphatic rings. The molecule has 4 nitrogen and oxygen atoms in total. The Labute approximate surface area is 101 Å². The number of H-pyrrole nitrogens is 1. The highest BCUT2D eigenvalue weighted by molar-refractivity contribution is 7.71. The number of thiophene rings is 1. The van der Waals surface area contributed by atoms with E-state index >= 15 is 0 Å². The number of methoxy groups -OCH3 is 1. The van der Waals surface area contributed by atoms with Gasteiger partial charge >= 0.3 is 0 Å². The zero-order valence-electron chi connectivity index (χ0n) is 9.02. The van der Waals surface area contributed by atoms with Crippen molar-refractivity contribution >= 4 is 33.8 Å². The molecule has 1 unspecified atom stereocenters. The van der Waals surface area contributed by atoms with Gasteiger partial charge in [-0.15, -0.1) is 11.3 Å². The summed E-state index contributed by atoms with van der Waals surface area (Å²) >= 11 is 6.60. The average Bonchev–Trinajstić information content (AvgIpc) is 2.66. The van der Waals surface area contributed by atoms with Gasteiger partial charge in [-0.2, -0.15) is 0 Å². The van der Waals surface area contributed by atoms with Crippen molar-refractivity contribution in [3.05, 3.63) is 26.6 Å². The van der Waals surface area contributed by atoms with E-state index in [1.54, 1.807) is 11.7 Å². The van der Waals surface area contributed by atoms with Gasteiger partial charge in [0.15, 0.2) is 4.77 Å². The van der Waals surface area contributed by atoms with E-state index in [1.807, 2.05) is 18.4 Å². The molecule has 6 heteroatoms. The Kier molecular flexibility index (Phi) is 3.22. The standard InChI is InChI=1S/C10H12N2O2S2/c1-6(5-14-2)12-9(13)8-7(3-4-16-8)11-10(12)15/h3-4,6H,5H2,1-2H3,(H,11,15). The fourth-order valence-corrected chi connectivity index (χ4v) is 2.82. The van der Waals surface area contributed by atoms with E-state index in [0.717, 1.165) is 5.52 Å². The first-order valence-electron chi connectivity index (χ1n) is 4.86. The van der Waals surface area contributed by atoms with Gasteiger partial charge in [0, 0.05) is 7.11 Å². The summed E-state index contributed by atoms with van der Waals surface area (Å²) in [6, 6.07) is 1.80. The molecule has 2 aromatic rings. The number of hydrogen-bond acceptors (Lipinski definition) is 4. The van der Waals surface area contributed by atoms with Crippen molar-refractivity contribution in [2.45, 2.75) is 13.0 Å². The second-order valence-corrected chi connectivity index (χ2v) is 4.88. The summed E-state index contributed by atoms with van der Waals surface area (Å²) < 4.78 is 7.76. The lowest BCUT2D eigenvalue weighted by Crippen LogP contribution is -2.26. The van der Waals surface area contributed by atoms with Crippen LogP contribution in [-0.2, 0) is 4.74 Å².